The summed E-state index contributed by atoms with van der Waals surface area (Å²) in [4.78, 5) is 36.1. The van der Waals surface area contributed by atoms with Crippen molar-refractivity contribution in [2.75, 3.05) is 12.3 Å². The van der Waals surface area contributed by atoms with Gasteiger partial charge >= 0.3 is 12.1 Å². The van der Waals surface area contributed by atoms with Crippen LogP contribution in [-0.2, 0) is 36.6 Å². The Bertz CT molecular complexity index is 1420. The van der Waals surface area contributed by atoms with E-state index >= 15 is 4.39 Å². The van der Waals surface area contributed by atoms with Crippen LogP contribution in [0.4, 0.5) is 9.18 Å². The molecule has 198 valence electrons. The quantitative estimate of drug-likeness (QED) is 0.340. The van der Waals surface area contributed by atoms with Crippen LogP contribution in [0.3, 0.4) is 0 Å². The first kappa shape index (κ1) is 27.0. The number of amides is 1. The lowest BCUT2D eigenvalue weighted by molar-refractivity contribution is -0.139. The second kappa shape index (κ2) is 11.1. The Morgan fingerprint density at radius 2 is 1.45 bits per heavy atom. The van der Waals surface area contributed by atoms with Crippen molar-refractivity contribution < 1.29 is 37.0 Å². The number of ketones is 1. The molecule has 1 amide bonds. The normalized spacial score (nSPS) is 14.1. The van der Waals surface area contributed by atoms with Crippen molar-refractivity contribution in [3.63, 3.8) is 0 Å². The average Bonchev–Trinajstić information content (AvgIpc) is 3.14. The topological polar surface area (TPSA) is 139 Å². The molecule has 3 aromatic carbocycles. The molecule has 0 saturated heterocycles. The van der Waals surface area contributed by atoms with Crippen molar-refractivity contribution in [3.8, 4) is 11.1 Å². The fourth-order valence-electron chi connectivity index (χ4n) is 4.37. The first-order valence-corrected chi connectivity index (χ1v) is 13.3. The molecule has 0 fully saturated rings. The summed E-state index contributed by atoms with van der Waals surface area (Å²) in [6.07, 6.45) is -1.84. The Morgan fingerprint density at radius 1 is 0.895 bits per heavy atom. The average molecular weight is 541 g/mol. The van der Waals surface area contributed by atoms with Crippen LogP contribution in [0.2, 0.25) is 0 Å². The highest BCUT2D eigenvalue weighted by atomic mass is 32.2. The number of hydrogen-bond donors (Lipinski definition) is 3. The number of alkyl halides is 1. The van der Waals surface area contributed by atoms with Crippen LogP contribution < -0.4 is 10.0 Å². The molecule has 0 spiro atoms. The second-order valence-corrected chi connectivity index (χ2v) is 10.6. The van der Waals surface area contributed by atoms with Crippen LogP contribution in [-0.4, -0.2) is 49.7 Å². The van der Waals surface area contributed by atoms with Crippen LogP contribution in [0, 0.1) is 0 Å². The van der Waals surface area contributed by atoms with Crippen LogP contribution in [0.5, 0.6) is 0 Å². The van der Waals surface area contributed by atoms with Gasteiger partial charge in [-0.25, -0.2) is 22.3 Å². The lowest BCUT2D eigenvalue weighted by atomic mass is 9.96. The second-order valence-electron chi connectivity index (χ2n) is 8.80. The number of halogens is 1. The van der Waals surface area contributed by atoms with Gasteiger partial charge in [-0.2, -0.15) is 0 Å². The number of Topliss-reactive ketones (excluding diaryl/α,β-unsaturated/α-hetero) is 1. The van der Waals surface area contributed by atoms with Gasteiger partial charge in [-0.1, -0.05) is 78.9 Å². The van der Waals surface area contributed by atoms with Crippen LogP contribution in [0.1, 0.15) is 23.1 Å². The number of carbonyl (C=O) groups excluding carboxylic acids is 2. The first-order valence-electron chi connectivity index (χ1n) is 11.7. The van der Waals surface area contributed by atoms with E-state index in [0.717, 1.165) is 0 Å². The van der Waals surface area contributed by atoms with E-state index in [2.05, 4.69) is 10.0 Å². The Labute approximate surface area is 218 Å². The van der Waals surface area contributed by atoms with Crippen molar-refractivity contribution in [1.82, 2.24) is 10.0 Å². The molecule has 9 nitrogen and oxygen atoms in total. The summed E-state index contributed by atoms with van der Waals surface area (Å²) < 4.78 is 49.3. The third-order valence-corrected chi connectivity index (χ3v) is 7.49. The third-order valence-electron chi connectivity index (χ3n) is 6.13. The number of fused-ring (bicyclic) bond motifs is 3. The van der Waals surface area contributed by atoms with Gasteiger partial charge in [0, 0.05) is 11.1 Å². The highest BCUT2D eigenvalue weighted by molar-refractivity contribution is 7.89. The molecular formula is C27H25FN2O7S. The number of ether oxygens (including phenoxy) is 1. The van der Waals surface area contributed by atoms with E-state index in [1.165, 1.54) is 12.1 Å². The monoisotopic (exact) mass is 540 g/mol. The van der Waals surface area contributed by atoms with Gasteiger partial charge in [-0.3, -0.25) is 9.59 Å². The van der Waals surface area contributed by atoms with Gasteiger partial charge in [0.15, 0.2) is 11.5 Å². The van der Waals surface area contributed by atoms with Gasteiger partial charge in [-0.15, -0.1) is 0 Å². The van der Waals surface area contributed by atoms with Crippen molar-refractivity contribution in [2.24, 2.45) is 0 Å². The minimum absolute atomic E-state index is 0.116. The van der Waals surface area contributed by atoms with E-state index in [-0.39, 0.29) is 17.7 Å². The van der Waals surface area contributed by atoms with Crippen LogP contribution in [0.25, 0.3) is 11.1 Å². The number of aliphatic carboxylic acids is 1. The fourth-order valence-corrected chi connectivity index (χ4v) is 5.67. The minimum Gasteiger partial charge on any atom is -0.481 e. The zero-order chi connectivity index (χ0) is 27.3. The van der Waals surface area contributed by atoms with Crippen LogP contribution in [0.15, 0.2) is 78.9 Å². The minimum atomic E-state index is -4.38. The Balaban J connectivity index is 1.42. The number of carboxylic acid groups (broad SMARTS) is 1. The number of alkyl carbamates (subject to hydrolysis) is 1. The summed E-state index contributed by atoms with van der Waals surface area (Å²) in [6.45, 7) is -0.965. The van der Waals surface area contributed by atoms with Gasteiger partial charge in [-0.05, 0) is 16.7 Å². The van der Waals surface area contributed by atoms with Crippen molar-refractivity contribution in [3.05, 3.63) is 95.6 Å². The van der Waals surface area contributed by atoms with Crippen molar-refractivity contribution >= 4 is 27.9 Å². The molecule has 1 atom stereocenters. The third kappa shape index (κ3) is 6.06. The lowest BCUT2D eigenvalue weighted by Gasteiger charge is -2.23. The Kier molecular flexibility index (Phi) is 7.88. The van der Waals surface area contributed by atoms with E-state index < -0.39 is 58.3 Å². The van der Waals surface area contributed by atoms with Gasteiger partial charge in [0.25, 0.3) is 0 Å². The molecule has 38 heavy (non-hydrogen) atoms. The number of rotatable bonds is 11. The van der Waals surface area contributed by atoms with Gasteiger partial charge < -0.3 is 15.2 Å². The molecule has 11 heteroatoms. The number of carbonyl (C=O) groups is 3. The number of nitrogens with one attached hydrogen (secondary N) is 2. The molecule has 0 radical (unpaired) electrons. The van der Waals surface area contributed by atoms with E-state index in [9.17, 15) is 22.8 Å². The summed E-state index contributed by atoms with van der Waals surface area (Å²) in [5, 5.41) is 11.3. The maximum absolute atomic E-state index is 16.4. The van der Waals surface area contributed by atoms with E-state index in [0.29, 0.717) is 16.7 Å². The molecule has 0 aromatic heterocycles. The Morgan fingerprint density at radius 3 is 2.03 bits per heavy atom. The summed E-state index contributed by atoms with van der Waals surface area (Å²) in [7, 11) is -4.38. The smallest absolute Gasteiger partial charge is 0.408 e. The molecule has 1 aliphatic rings. The number of carboxylic acids is 1. The number of sulfonamides is 1. The molecule has 0 heterocycles. The van der Waals surface area contributed by atoms with Crippen molar-refractivity contribution in [2.45, 2.75) is 24.7 Å². The highest BCUT2D eigenvalue weighted by Gasteiger charge is 2.46. The Hall–Kier alpha value is -4.09. The molecule has 4 rings (SSSR count). The zero-order valence-electron chi connectivity index (χ0n) is 20.1. The maximum Gasteiger partial charge on any atom is 0.408 e. The van der Waals surface area contributed by atoms with Crippen LogP contribution >= 0.6 is 0 Å². The molecule has 3 aromatic rings. The standard InChI is InChI=1S/C27H25FN2O7S/c28-27(21-12-6-4-10-19(21)20-11-5-7-13-22(20)27)17-38(35,36)29-15-24(31)23(14-25(32)33)30-26(34)37-16-18-8-2-1-3-9-18/h1-13,23,29H,14-17H2,(H,30,34)(H,32,33). The maximum atomic E-state index is 16.4. The zero-order valence-corrected chi connectivity index (χ0v) is 20.9. The van der Waals surface area contributed by atoms with E-state index in [1.807, 2.05) is 0 Å². The summed E-state index contributed by atoms with van der Waals surface area (Å²) >= 11 is 0. The number of benzene rings is 3. The lowest BCUT2D eigenvalue weighted by Crippen LogP contribution is -2.47. The largest absolute Gasteiger partial charge is 0.481 e. The first-order chi connectivity index (χ1) is 18.1. The van der Waals surface area contributed by atoms with E-state index in [1.54, 1.807) is 66.7 Å². The summed E-state index contributed by atoms with van der Waals surface area (Å²) in [5.41, 5.74) is -0.129. The van der Waals surface area contributed by atoms with Gasteiger partial charge in [0.2, 0.25) is 10.0 Å². The molecule has 0 saturated carbocycles. The summed E-state index contributed by atoms with van der Waals surface area (Å²) in [6, 6.07) is 20.2. The van der Waals surface area contributed by atoms with Gasteiger partial charge in [0.05, 0.1) is 13.0 Å². The van der Waals surface area contributed by atoms with Gasteiger partial charge in [0.1, 0.15) is 18.4 Å². The molecule has 3 N–H and O–H groups in total. The predicted molar refractivity (Wildman–Crippen MR) is 136 cm³/mol. The summed E-state index contributed by atoms with van der Waals surface area (Å²) in [5.74, 6) is -3.30. The number of hydrogen-bond acceptors (Lipinski definition) is 6. The predicted octanol–water partition coefficient (Wildman–Crippen LogP) is 3.14. The molecule has 1 aliphatic carbocycles. The van der Waals surface area contributed by atoms with E-state index in [4.69, 9.17) is 9.84 Å². The highest BCUT2D eigenvalue weighted by Crippen LogP contribution is 2.50. The molecule has 0 aliphatic heterocycles. The fraction of sp³-hybridized carbons (Fsp3) is 0.222. The molecule has 0 bridgehead atoms. The SMILES string of the molecule is O=C(O)CC(NC(=O)OCc1ccccc1)C(=O)CNS(=O)(=O)CC1(F)c2ccccc2-c2ccccc21. The van der Waals surface area contributed by atoms with Crippen molar-refractivity contribution in [1.29, 1.82) is 0 Å². The molecular weight excluding hydrogens is 515 g/mol. The molecule has 1 unspecified atom stereocenters.